The molecule has 0 rings (SSSR count). The highest BCUT2D eigenvalue weighted by atomic mass is 32.2. The summed E-state index contributed by atoms with van der Waals surface area (Å²) in [7, 11) is 0. The molecular formula is C17H33FO2S. The van der Waals surface area contributed by atoms with Crippen molar-refractivity contribution in [1.29, 1.82) is 0 Å². The second-order valence-electron chi connectivity index (χ2n) is 7.05. The predicted octanol–water partition coefficient (Wildman–Crippen LogP) is 5.39. The molecule has 0 amide bonds. The van der Waals surface area contributed by atoms with E-state index in [9.17, 15) is 9.18 Å². The molecule has 2 unspecified atom stereocenters. The van der Waals surface area contributed by atoms with Crippen LogP contribution in [0.25, 0.3) is 0 Å². The molecule has 0 bridgehead atoms. The van der Waals surface area contributed by atoms with E-state index in [-0.39, 0.29) is 11.2 Å². The van der Waals surface area contributed by atoms with Crippen LogP contribution in [0.15, 0.2) is 0 Å². The Morgan fingerprint density at radius 3 is 2.33 bits per heavy atom. The smallest absolute Gasteiger partial charge is 0.319 e. The van der Waals surface area contributed by atoms with Gasteiger partial charge in [0.15, 0.2) is 0 Å². The lowest BCUT2D eigenvalue weighted by Crippen LogP contribution is -2.31. The number of thioether (sulfide) groups is 1. The van der Waals surface area contributed by atoms with E-state index in [4.69, 9.17) is 4.74 Å². The summed E-state index contributed by atoms with van der Waals surface area (Å²) in [6, 6.07) is 0. The van der Waals surface area contributed by atoms with Crippen LogP contribution in [0, 0.1) is 5.92 Å². The fourth-order valence-corrected chi connectivity index (χ4v) is 3.34. The van der Waals surface area contributed by atoms with Gasteiger partial charge in [-0.25, -0.2) is 4.39 Å². The zero-order valence-corrected chi connectivity index (χ0v) is 15.4. The lowest BCUT2D eigenvalue weighted by atomic mass is 10.1. The predicted molar refractivity (Wildman–Crippen MR) is 90.6 cm³/mol. The molecule has 2 nitrogen and oxygen atoms in total. The average Bonchev–Trinajstić information content (AvgIpc) is 2.30. The minimum atomic E-state index is -0.694. The first-order valence-corrected chi connectivity index (χ1v) is 9.19. The molecule has 0 aromatic carbocycles. The minimum Gasteiger partial charge on any atom is -0.459 e. The number of hydrogen-bond acceptors (Lipinski definition) is 3. The summed E-state index contributed by atoms with van der Waals surface area (Å²) >= 11 is 1.62. The third-order valence-corrected chi connectivity index (χ3v) is 4.25. The first-order chi connectivity index (χ1) is 9.65. The van der Waals surface area contributed by atoms with Crippen molar-refractivity contribution in [3.63, 3.8) is 0 Å². The van der Waals surface area contributed by atoms with Crippen molar-refractivity contribution in [3.05, 3.63) is 0 Å². The van der Waals surface area contributed by atoms with Crippen LogP contribution in [-0.4, -0.2) is 28.7 Å². The summed E-state index contributed by atoms with van der Waals surface area (Å²) in [6.07, 6.45) is 3.08. The van der Waals surface area contributed by atoms with Gasteiger partial charge in [0, 0.05) is 0 Å². The number of ether oxygens (including phenoxy) is 1. The van der Waals surface area contributed by atoms with Crippen LogP contribution in [-0.2, 0) is 9.53 Å². The zero-order valence-electron chi connectivity index (χ0n) is 14.6. The Labute approximate surface area is 134 Å². The number of alkyl halides is 1. The SMILES string of the molecule is CCCC(F)CCCSC(CC(C)C)C(=O)OC(C)(C)C. The van der Waals surface area contributed by atoms with Crippen LogP contribution >= 0.6 is 11.8 Å². The third kappa shape index (κ3) is 12.0. The van der Waals surface area contributed by atoms with Crippen LogP contribution in [0.1, 0.15) is 73.6 Å². The number of rotatable bonds is 10. The average molecular weight is 321 g/mol. The van der Waals surface area contributed by atoms with Crippen LogP contribution in [0.4, 0.5) is 4.39 Å². The van der Waals surface area contributed by atoms with Gasteiger partial charge in [0.1, 0.15) is 17.0 Å². The number of carbonyl (C=O) groups is 1. The molecule has 0 N–H and O–H groups in total. The quantitative estimate of drug-likeness (QED) is 0.398. The Kier molecular flexibility index (Phi) is 10.3. The molecule has 0 radical (unpaired) electrons. The second kappa shape index (κ2) is 10.5. The Morgan fingerprint density at radius 2 is 1.86 bits per heavy atom. The van der Waals surface area contributed by atoms with Crippen molar-refractivity contribution >= 4 is 17.7 Å². The van der Waals surface area contributed by atoms with Gasteiger partial charge >= 0.3 is 5.97 Å². The molecule has 0 aliphatic carbocycles. The first-order valence-electron chi connectivity index (χ1n) is 8.14. The van der Waals surface area contributed by atoms with Crippen molar-refractivity contribution in [2.45, 2.75) is 90.7 Å². The van der Waals surface area contributed by atoms with Crippen molar-refractivity contribution in [2.24, 2.45) is 5.92 Å². The molecular weight excluding hydrogens is 287 g/mol. The van der Waals surface area contributed by atoms with Crippen molar-refractivity contribution in [3.8, 4) is 0 Å². The second-order valence-corrected chi connectivity index (χ2v) is 8.36. The van der Waals surface area contributed by atoms with Gasteiger partial charge in [0.05, 0.1) is 0 Å². The van der Waals surface area contributed by atoms with Gasteiger partial charge in [-0.1, -0.05) is 27.2 Å². The van der Waals surface area contributed by atoms with E-state index in [0.29, 0.717) is 18.8 Å². The fraction of sp³-hybridized carbons (Fsp3) is 0.941. The summed E-state index contributed by atoms with van der Waals surface area (Å²) in [4.78, 5) is 12.2. The molecule has 0 aliphatic heterocycles. The summed E-state index contributed by atoms with van der Waals surface area (Å²) < 4.78 is 18.9. The summed E-state index contributed by atoms with van der Waals surface area (Å²) in [5.41, 5.74) is -0.446. The van der Waals surface area contributed by atoms with E-state index in [1.54, 1.807) is 11.8 Å². The number of carbonyl (C=O) groups excluding carboxylic acids is 1. The van der Waals surface area contributed by atoms with Crippen LogP contribution < -0.4 is 0 Å². The van der Waals surface area contributed by atoms with Crippen molar-refractivity contribution < 1.29 is 13.9 Å². The van der Waals surface area contributed by atoms with Crippen molar-refractivity contribution in [1.82, 2.24) is 0 Å². The Balaban J connectivity index is 4.21. The molecule has 0 fully saturated rings. The van der Waals surface area contributed by atoms with Crippen molar-refractivity contribution in [2.75, 3.05) is 5.75 Å². The van der Waals surface area contributed by atoms with E-state index in [1.807, 2.05) is 27.7 Å². The van der Waals surface area contributed by atoms with Gasteiger partial charge in [-0.05, 0) is 58.1 Å². The number of hydrogen-bond donors (Lipinski definition) is 0. The number of halogens is 1. The molecule has 2 atom stereocenters. The normalized spacial score (nSPS) is 15.0. The Morgan fingerprint density at radius 1 is 1.24 bits per heavy atom. The van der Waals surface area contributed by atoms with E-state index in [2.05, 4.69) is 13.8 Å². The first kappa shape index (κ1) is 20.8. The summed E-state index contributed by atoms with van der Waals surface area (Å²) in [6.45, 7) is 11.9. The van der Waals surface area contributed by atoms with Crippen LogP contribution in [0.5, 0.6) is 0 Å². The maximum atomic E-state index is 13.4. The van der Waals surface area contributed by atoms with Crippen LogP contribution in [0.3, 0.4) is 0 Å². The summed E-state index contributed by atoms with van der Waals surface area (Å²) in [5, 5.41) is -0.131. The van der Waals surface area contributed by atoms with E-state index < -0.39 is 11.8 Å². The van der Waals surface area contributed by atoms with E-state index >= 15 is 0 Å². The molecule has 21 heavy (non-hydrogen) atoms. The van der Waals surface area contributed by atoms with Crippen LogP contribution in [0.2, 0.25) is 0 Å². The topological polar surface area (TPSA) is 26.3 Å². The minimum absolute atomic E-state index is 0.131. The largest absolute Gasteiger partial charge is 0.459 e. The maximum Gasteiger partial charge on any atom is 0.319 e. The lowest BCUT2D eigenvalue weighted by Gasteiger charge is -2.24. The van der Waals surface area contributed by atoms with E-state index in [0.717, 1.165) is 25.0 Å². The highest BCUT2D eigenvalue weighted by molar-refractivity contribution is 8.00. The molecule has 0 spiro atoms. The Bertz CT molecular complexity index is 287. The van der Waals surface area contributed by atoms with Gasteiger partial charge in [-0.3, -0.25) is 4.79 Å². The highest BCUT2D eigenvalue weighted by Gasteiger charge is 2.26. The molecule has 0 aromatic heterocycles. The highest BCUT2D eigenvalue weighted by Crippen LogP contribution is 2.24. The van der Waals surface area contributed by atoms with Gasteiger partial charge in [0.25, 0.3) is 0 Å². The standard InChI is InChI=1S/C17H33FO2S/c1-7-9-14(18)10-8-11-21-15(12-13(2)3)16(19)20-17(4,5)6/h13-15H,7-12H2,1-6H3. The van der Waals surface area contributed by atoms with E-state index in [1.165, 1.54) is 0 Å². The molecule has 0 saturated heterocycles. The molecule has 0 saturated carbocycles. The zero-order chi connectivity index (χ0) is 16.5. The lowest BCUT2D eigenvalue weighted by molar-refractivity contribution is -0.154. The molecule has 0 heterocycles. The Hall–Kier alpha value is -0.250. The molecule has 4 heteroatoms. The number of esters is 1. The van der Waals surface area contributed by atoms with Gasteiger partial charge in [-0.15, -0.1) is 11.8 Å². The molecule has 0 aliphatic rings. The van der Waals surface area contributed by atoms with Gasteiger partial charge in [0.2, 0.25) is 0 Å². The maximum absolute atomic E-state index is 13.4. The van der Waals surface area contributed by atoms with Gasteiger partial charge in [-0.2, -0.15) is 0 Å². The third-order valence-electron chi connectivity index (χ3n) is 2.94. The monoisotopic (exact) mass is 320 g/mol. The van der Waals surface area contributed by atoms with Gasteiger partial charge < -0.3 is 4.74 Å². The summed E-state index contributed by atoms with van der Waals surface area (Å²) in [5.74, 6) is 1.14. The fourth-order valence-electron chi connectivity index (χ4n) is 2.02. The molecule has 0 aromatic rings. The molecule has 126 valence electrons.